The minimum absolute atomic E-state index is 0.888. The maximum absolute atomic E-state index is 5.94. The van der Waals surface area contributed by atoms with E-state index in [1.54, 1.807) is 11.3 Å². The van der Waals surface area contributed by atoms with E-state index in [9.17, 15) is 0 Å². The van der Waals surface area contributed by atoms with Crippen LogP contribution in [0.25, 0.3) is 0 Å². The zero-order valence-electron chi connectivity index (χ0n) is 11.8. The number of nitrogens with one attached hydrogen (secondary N) is 1. The van der Waals surface area contributed by atoms with Gasteiger partial charge in [0.25, 0.3) is 0 Å². The van der Waals surface area contributed by atoms with Gasteiger partial charge in [0.2, 0.25) is 0 Å². The number of hydrogen-bond acceptors (Lipinski definition) is 3. The molecule has 0 saturated heterocycles. The molecule has 2 rings (SSSR count). The Morgan fingerprint density at radius 1 is 1.32 bits per heavy atom. The van der Waals surface area contributed by atoms with Crippen molar-refractivity contribution >= 4 is 22.9 Å². The Kier molecular flexibility index (Phi) is 6.65. The molecule has 0 bridgehead atoms. The summed E-state index contributed by atoms with van der Waals surface area (Å²) in [6, 6.07) is 4.11. The van der Waals surface area contributed by atoms with Crippen LogP contribution in [0.2, 0.25) is 4.34 Å². The van der Waals surface area contributed by atoms with Gasteiger partial charge in [0.05, 0.1) is 4.34 Å². The normalized spacial score (nSPS) is 17.2. The molecular formula is C15H25ClN2S. The first kappa shape index (κ1) is 15.3. The fourth-order valence-electron chi connectivity index (χ4n) is 2.75. The van der Waals surface area contributed by atoms with Crippen LogP contribution in [0.4, 0.5) is 0 Å². The van der Waals surface area contributed by atoms with Gasteiger partial charge in [-0.05, 0) is 44.5 Å². The van der Waals surface area contributed by atoms with Crippen LogP contribution in [0, 0.1) is 5.92 Å². The van der Waals surface area contributed by atoms with Gasteiger partial charge in [-0.2, -0.15) is 0 Å². The third kappa shape index (κ3) is 5.82. The van der Waals surface area contributed by atoms with E-state index >= 15 is 0 Å². The van der Waals surface area contributed by atoms with Crippen molar-refractivity contribution < 1.29 is 0 Å². The molecule has 0 unspecified atom stereocenters. The first-order valence-corrected chi connectivity index (χ1v) is 8.57. The van der Waals surface area contributed by atoms with Crippen LogP contribution < -0.4 is 5.32 Å². The molecule has 0 radical (unpaired) electrons. The average Bonchev–Trinajstić information content (AvgIpc) is 2.81. The van der Waals surface area contributed by atoms with Gasteiger partial charge >= 0.3 is 0 Å². The van der Waals surface area contributed by atoms with Crippen LogP contribution in [0.15, 0.2) is 12.1 Å². The third-order valence-electron chi connectivity index (χ3n) is 3.88. The average molecular weight is 301 g/mol. The van der Waals surface area contributed by atoms with Crippen LogP contribution in [0.3, 0.4) is 0 Å². The second kappa shape index (κ2) is 8.25. The number of rotatable bonds is 7. The van der Waals surface area contributed by atoms with Crippen molar-refractivity contribution in [3.63, 3.8) is 0 Å². The summed E-state index contributed by atoms with van der Waals surface area (Å²) in [6.07, 6.45) is 7.17. The summed E-state index contributed by atoms with van der Waals surface area (Å²) in [5.74, 6) is 0.926. The van der Waals surface area contributed by atoms with Crippen LogP contribution in [-0.2, 0) is 6.54 Å². The van der Waals surface area contributed by atoms with Gasteiger partial charge < -0.3 is 10.2 Å². The molecule has 1 aliphatic rings. The van der Waals surface area contributed by atoms with Crippen molar-refractivity contribution in [2.75, 3.05) is 26.7 Å². The van der Waals surface area contributed by atoms with Gasteiger partial charge in [0.15, 0.2) is 0 Å². The first-order valence-electron chi connectivity index (χ1n) is 7.37. The Morgan fingerprint density at radius 2 is 2.11 bits per heavy atom. The van der Waals surface area contributed by atoms with Crippen molar-refractivity contribution in [1.82, 2.24) is 10.2 Å². The van der Waals surface area contributed by atoms with Gasteiger partial charge in [-0.3, -0.25) is 0 Å². The SMILES string of the molecule is CN(CCNCC1CCCCC1)Cc1ccc(Cl)s1. The smallest absolute Gasteiger partial charge is 0.0931 e. The first-order chi connectivity index (χ1) is 9.24. The highest BCUT2D eigenvalue weighted by molar-refractivity contribution is 7.16. The monoisotopic (exact) mass is 300 g/mol. The van der Waals surface area contributed by atoms with Crippen molar-refractivity contribution in [3.05, 3.63) is 21.3 Å². The molecule has 1 heterocycles. The van der Waals surface area contributed by atoms with E-state index in [4.69, 9.17) is 11.6 Å². The molecule has 1 fully saturated rings. The predicted molar refractivity (Wildman–Crippen MR) is 85.1 cm³/mol. The summed E-state index contributed by atoms with van der Waals surface area (Å²) in [6.45, 7) is 4.40. The van der Waals surface area contributed by atoms with E-state index in [1.807, 2.05) is 6.07 Å². The van der Waals surface area contributed by atoms with Crippen LogP contribution >= 0.6 is 22.9 Å². The van der Waals surface area contributed by atoms with Gasteiger partial charge in [-0.15, -0.1) is 11.3 Å². The Hall–Kier alpha value is -0.0900. The van der Waals surface area contributed by atoms with Gasteiger partial charge in [-0.25, -0.2) is 0 Å². The fourth-order valence-corrected chi connectivity index (χ4v) is 3.92. The van der Waals surface area contributed by atoms with Gasteiger partial charge in [0.1, 0.15) is 0 Å². The zero-order valence-corrected chi connectivity index (χ0v) is 13.4. The molecule has 0 spiro atoms. The van der Waals surface area contributed by atoms with Crippen molar-refractivity contribution in [3.8, 4) is 0 Å². The van der Waals surface area contributed by atoms with Gasteiger partial charge in [0, 0.05) is 24.5 Å². The second-order valence-electron chi connectivity index (χ2n) is 5.65. The molecule has 4 heteroatoms. The number of hydrogen-bond donors (Lipinski definition) is 1. The molecular weight excluding hydrogens is 276 g/mol. The predicted octanol–water partition coefficient (Wildman–Crippen LogP) is 4.00. The van der Waals surface area contributed by atoms with E-state index in [2.05, 4.69) is 23.3 Å². The van der Waals surface area contributed by atoms with E-state index < -0.39 is 0 Å². The van der Waals surface area contributed by atoms with E-state index in [0.717, 1.165) is 29.9 Å². The summed E-state index contributed by atoms with van der Waals surface area (Å²) in [7, 11) is 2.18. The molecule has 1 saturated carbocycles. The van der Waals surface area contributed by atoms with E-state index in [1.165, 1.54) is 43.5 Å². The van der Waals surface area contributed by atoms with Crippen molar-refractivity contribution in [2.24, 2.45) is 5.92 Å². The molecule has 108 valence electrons. The Balaban J connectivity index is 1.54. The topological polar surface area (TPSA) is 15.3 Å². The van der Waals surface area contributed by atoms with Crippen LogP contribution in [-0.4, -0.2) is 31.6 Å². The summed E-state index contributed by atoms with van der Waals surface area (Å²) in [5.41, 5.74) is 0. The number of likely N-dealkylation sites (N-methyl/N-ethyl adjacent to an activating group) is 1. The summed E-state index contributed by atoms with van der Waals surface area (Å²) >= 11 is 7.63. The lowest BCUT2D eigenvalue weighted by Gasteiger charge is -2.22. The maximum atomic E-state index is 5.94. The fraction of sp³-hybridized carbons (Fsp3) is 0.733. The molecule has 1 N–H and O–H groups in total. The number of thiophene rings is 1. The van der Waals surface area contributed by atoms with E-state index in [-0.39, 0.29) is 0 Å². The molecule has 1 aromatic rings. The molecule has 2 nitrogen and oxygen atoms in total. The van der Waals surface area contributed by atoms with Gasteiger partial charge in [-0.1, -0.05) is 30.9 Å². The molecule has 0 aromatic carbocycles. The zero-order chi connectivity index (χ0) is 13.5. The highest BCUT2D eigenvalue weighted by Gasteiger charge is 2.12. The number of halogens is 1. The van der Waals surface area contributed by atoms with E-state index in [0.29, 0.717) is 0 Å². The van der Waals surface area contributed by atoms with Crippen LogP contribution in [0.5, 0.6) is 0 Å². The lowest BCUT2D eigenvalue weighted by Crippen LogP contribution is -2.32. The molecule has 1 aromatic heterocycles. The quantitative estimate of drug-likeness (QED) is 0.766. The minimum Gasteiger partial charge on any atom is -0.315 e. The van der Waals surface area contributed by atoms with Crippen molar-refractivity contribution in [1.29, 1.82) is 0 Å². The minimum atomic E-state index is 0.888. The standard InChI is InChI=1S/C15H25ClN2S/c1-18(12-14-7-8-15(16)19-14)10-9-17-11-13-5-3-2-4-6-13/h7-8,13,17H,2-6,9-12H2,1H3. The summed E-state index contributed by atoms with van der Waals surface area (Å²) in [5, 5.41) is 3.61. The third-order valence-corrected chi connectivity index (χ3v) is 5.10. The Labute approximate surface area is 126 Å². The molecule has 0 atom stereocenters. The molecule has 19 heavy (non-hydrogen) atoms. The highest BCUT2D eigenvalue weighted by atomic mass is 35.5. The highest BCUT2D eigenvalue weighted by Crippen LogP contribution is 2.23. The maximum Gasteiger partial charge on any atom is 0.0931 e. The molecule has 1 aliphatic carbocycles. The molecule has 0 aliphatic heterocycles. The van der Waals surface area contributed by atoms with Crippen molar-refractivity contribution in [2.45, 2.75) is 38.6 Å². The largest absolute Gasteiger partial charge is 0.315 e. The molecule has 0 amide bonds. The Bertz CT molecular complexity index is 361. The summed E-state index contributed by atoms with van der Waals surface area (Å²) < 4.78 is 0.888. The number of nitrogens with zero attached hydrogens (tertiary/aromatic N) is 1. The lowest BCUT2D eigenvalue weighted by atomic mass is 9.89. The van der Waals surface area contributed by atoms with Crippen LogP contribution in [0.1, 0.15) is 37.0 Å². The summed E-state index contributed by atoms with van der Waals surface area (Å²) in [4.78, 5) is 3.70. The second-order valence-corrected chi connectivity index (χ2v) is 7.45. The Morgan fingerprint density at radius 3 is 2.79 bits per heavy atom. The lowest BCUT2D eigenvalue weighted by molar-refractivity contribution is 0.305.